The van der Waals surface area contributed by atoms with Crippen LogP contribution >= 0.6 is 0 Å². The minimum Gasteiger partial charge on any atom is -0.368 e. The minimum absolute atomic E-state index is 0.457. The van der Waals surface area contributed by atoms with Gasteiger partial charge < -0.3 is 16.5 Å². The maximum absolute atomic E-state index is 11.5. The summed E-state index contributed by atoms with van der Waals surface area (Å²) in [6, 6.07) is 6.40. The lowest BCUT2D eigenvalue weighted by molar-refractivity contribution is -0.123. The average Bonchev–Trinajstić information content (AvgIpc) is 2.75. The lowest BCUT2D eigenvalue weighted by Crippen LogP contribution is -2.51. The number of carbonyl (C=O) groups is 2. The average molecular weight is 258 g/mol. The molecule has 2 unspecified atom stereocenters. The number of primary amides is 2. The Balaban J connectivity index is 2.19. The van der Waals surface area contributed by atoms with E-state index in [2.05, 4.69) is 10.3 Å². The lowest BCUT2D eigenvalue weighted by Gasteiger charge is -2.27. The molecule has 1 aliphatic rings. The molecule has 6 nitrogen and oxygen atoms in total. The predicted octanol–water partition coefficient (Wildman–Crippen LogP) is -0.306. The molecule has 0 saturated heterocycles. The van der Waals surface area contributed by atoms with Gasteiger partial charge in [-0.05, 0) is 18.1 Å². The van der Waals surface area contributed by atoms with Crippen LogP contribution in [-0.2, 0) is 16.0 Å². The topological polar surface area (TPSA) is 114 Å². The van der Waals surface area contributed by atoms with Crippen molar-refractivity contribution >= 4 is 22.7 Å². The largest absolute Gasteiger partial charge is 0.368 e. The first kappa shape index (κ1) is 11.7. The molecule has 98 valence electrons. The Kier molecular flexibility index (Phi) is 2.53. The molecule has 0 saturated carbocycles. The molecule has 0 bridgehead atoms. The van der Waals surface area contributed by atoms with Gasteiger partial charge in [0.15, 0.2) is 0 Å². The van der Waals surface area contributed by atoms with Gasteiger partial charge in [-0.15, -0.1) is 0 Å². The number of nitrogens with one attached hydrogen (secondary N) is 2. The van der Waals surface area contributed by atoms with Crippen LogP contribution in [0.3, 0.4) is 0 Å². The van der Waals surface area contributed by atoms with Gasteiger partial charge in [0.05, 0.1) is 6.04 Å². The summed E-state index contributed by atoms with van der Waals surface area (Å²) in [6.07, 6.45) is 0.457. The quantitative estimate of drug-likeness (QED) is 0.592. The number of aromatic nitrogens is 1. The number of benzene rings is 1. The van der Waals surface area contributed by atoms with Crippen LogP contribution in [0.1, 0.15) is 17.3 Å². The maximum Gasteiger partial charge on any atom is 0.240 e. The van der Waals surface area contributed by atoms with Gasteiger partial charge in [0.25, 0.3) is 0 Å². The van der Waals surface area contributed by atoms with Crippen molar-refractivity contribution in [2.75, 3.05) is 0 Å². The SMILES string of the molecule is NC(=O)C1Cc2c([nH]c3ccccc23)C(C(N)=O)N1. The first-order valence-corrected chi connectivity index (χ1v) is 6.02. The second kappa shape index (κ2) is 4.10. The minimum atomic E-state index is -0.714. The molecular formula is C13H14N4O2. The van der Waals surface area contributed by atoms with Gasteiger partial charge in [0.1, 0.15) is 6.04 Å². The van der Waals surface area contributed by atoms with Gasteiger partial charge in [0, 0.05) is 16.6 Å². The van der Waals surface area contributed by atoms with Crippen molar-refractivity contribution in [2.45, 2.75) is 18.5 Å². The number of para-hydroxylation sites is 1. The highest BCUT2D eigenvalue weighted by Crippen LogP contribution is 2.31. The third kappa shape index (κ3) is 1.77. The molecule has 19 heavy (non-hydrogen) atoms. The van der Waals surface area contributed by atoms with E-state index in [4.69, 9.17) is 11.5 Å². The van der Waals surface area contributed by atoms with Crippen molar-refractivity contribution in [1.29, 1.82) is 0 Å². The normalized spacial score (nSPS) is 22.1. The van der Waals surface area contributed by atoms with Crippen LogP contribution in [0.5, 0.6) is 0 Å². The fourth-order valence-corrected chi connectivity index (χ4v) is 2.64. The second-order valence-electron chi connectivity index (χ2n) is 4.72. The molecule has 2 aromatic rings. The molecule has 0 radical (unpaired) electrons. The Morgan fingerprint density at radius 2 is 1.89 bits per heavy atom. The summed E-state index contributed by atoms with van der Waals surface area (Å²) in [6.45, 7) is 0. The van der Waals surface area contributed by atoms with Gasteiger partial charge in [0.2, 0.25) is 11.8 Å². The van der Waals surface area contributed by atoms with Crippen molar-refractivity contribution in [3.05, 3.63) is 35.5 Å². The molecule has 3 rings (SSSR count). The van der Waals surface area contributed by atoms with E-state index in [1.54, 1.807) is 0 Å². The number of aromatic amines is 1. The smallest absolute Gasteiger partial charge is 0.240 e. The lowest BCUT2D eigenvalue weighted by atomic mass is 9.93. The van der Waals surface area contributed by atoms with Crippen LogP contribution in [0.4, 0.5) is 0 Å². The van der Waals surface area contributed by atoms with E-state index in [9.17, 15) is 9.59 Å². The molecular weight excluding hydrogens is 244 g/mol. The van der Waals surface area contributed by atoms with E-state index in [0.29, 0.717) is 6.42 Å². The van der Waals surface area contributed by atoms with Crippen molar-refractivity contribution in [3.8, 4) is 0 Å². The number of rotatable bonds is 2. The Bertz CT molecular complexity index is 676. The molecule has 1 aliphatic heterocycles. The van der Waals surface area contributed by atoms with Crippen LogP contribution in [0, 0.1) is 0 Å². The van der Waals surface area contributed by atoms with E-state index in [1.165, 1.54) is 0 Å². The molecule has 1 aromatic carbocycles. The van der Waals surface area contributed by atoms with Gasteiger partial charge in [-0.25, -0.2) is 0 Å². The van der Waals surface area contributed by atoms with E-state index >= 15 is 0 Å². The van der Waals surface area contributed by atoms with Crippen LogP contribution in [0.15, 0.2) is 24.3 Å². The number of fused-ring (bicyclic) bond motifs is 3. The van der Waals surface area contributed by atoms with E-state index < -0.39 is 23.9 Å². The van der Waals surface area contributed by atoms with Crippen molar-refractivity contribution < 1.29 is 9.59 Å². The van der Waals surface area contributed by atoms with E-state index in [0.717, 1.165) is 22.2 Å². The number of carbonyl (C=O) groups excluding carboxylic acids is 2. The molecule has 0 aliphatic carbocycles. The summed E-state index contributed by atoms with van der Waals surface area (Å²) in [5.74, 6) is -1.01. The summed E-state index contributed by atoms with van der Waals surface area (Å²) >= 11 is 0. The molecule has 2 heterocycles. The van der Waals surface area contributed by atoms with E-state index in [-0.39, 0.29) is 0 Å². The standard InChI is InChI=1S/C13H14N4O2/c14-12(18)9-5-7-6-3-1-2-4-8(6)16-10(7)11(17-9)13(15)19/h1-4,9,11,16-17H,5H2,(H2,14,18)(H2,15,19). The molecule has 6 heteroatoms. The maximum atomic E-state index is 11.5. The zero-order chi connectivity index (χ0) is 13.6. The summed E-state index contributed by atoms with van der Waals surface area (Å²) in [5, 5.41) is 3.89. The van der Waals surface area contributed by atoms with Crippen LogP contribution in [0.25, 0.3) is 10.9 Å². The third-order valence-electron chi connectivity index (χ3n) is 3.54. The molecule has 6 N–H and O–H groups in total. The number of hydrogen-bond acceptors (Lipinski definition) is 3. The zero-order valence-corrected chi connectivity index (χ0v) is 10.1. The highest BCUT2D eigenvalue weighted by Gasteiger charge is 2.34. The summed E-state index contributed by atoms with van der Waals surface area (Å²) in [5.41, 5.74) is 13.3. The van der Waals surface area contributed by atoms with E-state index in [1.807, 2.05) is 24.3 Å². The number of amides is 2. The Morgan fingerprint density at radius 1 is 1.16 bits per heavy atom. The fourth-order valence-electron chi connectivity index (χ4n) is 2.64. The van der Waals surface area contributed by atoms with Gasteiger partial charge in [-0.3, -0.25) is 14.9 Å². The highest BCUT2D eigenvalue weighted by molar-refractivity contribution is 5.92. The Morgan fingerprint density at radius 3 is 2.58 bits per heavy atom. The monoisotopic (exact) mass is 258 g/mol. The van der Waals surface area contributed by atoms with Crippen molar-refractivity contribution in [2.24, 2.45) is 11.5 Å². The van der Waals surface area contributed by atoms with Crippen molar-refractivity contribution in [1.82, 2.24) is 10.3 Å². The summed E-state index contributed by atoms with van der Waals surface area (Å²) < 4.78 is 0. The fraction of sp³-hybridized carbons (Fsp3) is 0.231. The van der Waals surface area contributed by atoms with Crippen LogP contribution in [-0.4, -0.2) is 22.8 Å². The Hall–Kier alpha value is -2.34. The number of hydrogen-bond donors (Lipinski definition) is 4. The van der Waals surface area contributed by atoms with Crippen molar-refractivity contribution in [3.63, 3.8) is 0 Å². The van der Waals surface area contributed by atoms with Crippen LogP contribution < -0.4 is 16.8 Å². The number of nitrogens with two attached hydrogens (primary N) is 2. The van der Waals surface area contributed by atoms with Crippen LogP contribution in [0.2, 0.25) is 0 Å². The first-order valence-electron chi connectivity index (χ1n) is 6.02. The molecule has 2 atom stereocenters. The predicted molar refractivity (Wildman–Crippen MR) is 70.1 cm³/mol. The van der Waals surface area contributed by atoms with Gasteiger partial charge in [-0.2, -0.15) is 0 Å². The summed E-state index contributed by atoms with van der Waals surface area (Å²) in [7, 11) is 0. The molecule has 0 spiro atoms. The first-order chi connectivity index (χ1) is 9.08. The molecule has 0 fully saturated rings. The second-order valence-corrected chi connectivity index (χ2v) is 4.72. The zero-order valence-electron chi connectivity index (χ0n) is 10.1. The van der Waals surface area contributed by atoms with Gasteiger partial charge in [-0.1, -0.05) is 18.2 Å². The molecule has 1 aromatic heterocycles. The third-order valence-corrected chi connectivity index (χ3v) is 3.54. The molecule has 2 amide bonds. The highest BCUT2D eigenvalue weighted by atomic mass is 16.2. The summed E-state index contributed by atoms with van der Waals surface area (Å²) in [4.78, 5) is 26.1. The van der Waals surface area contributed by atoms with Gasteiger partial charge >= 0.3 is 0 Å². The number of H-pyrrole nitrogens is 1. The Labute approximate surface area is 109 Å².